The summed E-state index contributed by atoms with van der Waals surface area (Å²) in [4.78, 5) is 30.5. The van der Waals surface area contributed by atoms with E-state index in [0.29, 0.717) is 56.8 Å². The third kappa shape index (κ3) is 8.38. The molecule has 0 amide bonds. The molecular weight excluding hydrogens is 545 g/mol. The molecule has 0 saturated carbocycles. The van der Waals surface area contributed by atoms with Crippen molar-refractivity contribution in [3.63, 3.8) is 0 Å². The van der Waals surface area contributed by atoms with Crippen molar-refractivity contribution in [3.05, 3.63) is 92.8 Å². The smallest absolute Gasteiger partial charge is 0.422 e. The van der Waals surface area contributed by atoms with E-state index in [1.807, 2.05) is 42.2 Å². The topological polar surface area (TPSA) is 59.7 Å². The molecule has 4 rings (SSSR count). The molecule has 11 heteroatoms. The molecule has 0 N–H and O–H groups in total. The number of nitrogens with zero attached hydrogens (tertiary/aromatic N) is 4. The predicted octanol–water partition coefficient (Wildman–Crippen LogP) is 4.59. The zero-order valence-corrected chi connectivity index (χ0v) is 23.4. The molecule has 0 unspecified atom stereocenters. The molecule has 1 aliphatic rings. The molecule has 2 aromatic carbocycles. The Hall–Kier alpha value is -3.24. The van der Waals surface area contributed by atoms with Crippen LogP contribution in [0.3, 0.4) is 0 Å². The molecule has 0 atom stereocenters. The van der Waals surface area contributed by atoms with Crippen molar-refractivity contribution >= 4 is 18.1 Å². The molecule has 0 spiro atoms. The minimum atomic E-state index is -4.39. The lowest BCUT2D eigenvalue weighted by Crippen LogP contribution is -2.47. The second-order valence-electron chi connectivity index (χ2n) is 9.81. The van der Waals surface area contributed by atoms with Gasteiger partial charge in [0.05, 0.1) is 12.2 Å². The third-order valence-corrected chi connectivity index (χ3v) is 6.85. The maximum Gasteiger partial charge on any atom is 0.422 e. The second kappa shape index (κ2) is 14.4. The van der Waals surface area contributed by atoms with Crippen molar-refractivity contribution in [2.45, 2.75) is 45.5 Å². The van der Waals surface area contributed by atoms with Gasteiger partial charge in [-0.2, -0.15) is 13.2 Å². The minimum absolute atomic E-state index is 0. The number of piperazine rings is 1. The molecule has 0 aliphatic carbocycles. The number of aromatic nitrogens is 2. The lowest BCUT2D eigenvalue weighted by atomic mass is 10.2. The molecule has 2 heterocycles. The number of aryl methyl sites for hydroxylation is 1. The van der Waals surface area contributed by atoms with Crippen LogP contribution in [-0.2, 0) is 19.5 Å². The lowest BCUT2D eigenvalue weighted by molar-refractivity contribution is -0.153. The fourth-order valence-electron chi connectivity index (χ4n) is 4.91. The number of anilines is 1. The van der Waals surface area contributed by atoms with Gasteiger partial charge in [-0.15, -0.1) is 12.4 Å². The number of hydrogen-bond donors (Lipinski definition) is 0. The van der Waals surface area contributed by atoms with Crippen molar-refractivity contribution in [1.29, 1.82) is 0 Å². The largest absolute Gasteiger partial charge is 0.482 e. The average Bonchev–Trinajstić information content (AvgIpc) is 2.93. The van der Waals surface area contributed by atoms with Gasteiger partial charge in [-0.25, -0.2) is 4.79 Å². The Kier molecular flexibility index (Phi) is 11.3. The highest BCUT2D eigenvalue weighted by atomic mass is 35.5. The summed E-state index contributed by atoms with van der Waals surface area (Å²) in [5, 5.41) is 0. The molecule has 0 bridgehead atoms. The molecule has 7 nitrogen and oxygen atoms in total. The zero-order chi connectivity index (χ0) is 27.8. The lowest BCUT2D eigenvalue weighted by Gasteiger charge is -2.36. The number of para-hydroxylation sites is 2. The van der Waals surface area contributed by atoms with Gasteiger partial charge in [-0.3, -0.25) is 18.8 Å². The Morgan fingerprint density at radius 3 is 2.25 bits per heavy atom. The van der Waals surface area contributed by atoms with E-state index in [2.05, 4.69) is 4.90 Å². The van der Waals surface area contributed by atoms with Crippen LogP contribution in [0.4, 0.5) is 18.9 Å². The van der Waals surface area contributed by atoms with Crippen molar-refractivity contribution in [2.24, 2.45) is 0 Å². The molecule has 1 aliphatic heterocycles. The van der Waals surface area contributed by atoms with E-state index in [-0.39, 0.29) is 29.4 Å². The molecule has 1 saturated heterocycles. The summed E-state index contributed by atoms with van der Waals surface area (Å²) in [7, 11) is 0. The van der Waals surface area contributed by atoms with Crippen molar-refractivity contribution < 1.29 is 17.9 Å². The van der Waals surface area contributed by atoms with Crippen molar-refractivity contribution in [2.75, 3.05) is 44.2 Å². The number of ether oxygens (including phenoxy) is 1. The highest BCUT2D eigenvalue weighted by molar-refractivity contribution is 5.85. The van der Waals surface area contributed by atoms with E-state index in [4.69, 9.17) is 4.74 Å². The van der Waals surface area contributed by atoms with E-state index in [1.165, 1.54) is 4.57 Å². The third-order valence-electron chi connectivity index (χ3n) is 6.85. The van der Waals surface area contributed by atoms with Crippen LogP contribution in [0.5, 0.6) is 5.75 Å². The normalized spacial score (nSPS) is 14.2. The number of halogens is 4. The number of benzene rings is 2. The second-order valence-corrected chi connectivity index (χ2v) is 9.81. The van der Waals surface area contributed by atoms with E-state index in [0.717, 1.165) is 25.1 Å². The van der Waals surface area contributed by atoms with E-state index < -0.39 is 12.8 Å². The summed E-state index contributed by atoms with van der Waals surface area (Å²) in [6, 6.07) is 16.5. The fourth-order valence-corrected chi connectivity index (χ4v) is 4.91. The van der Waals surface area contributed by atoms with Gasteiger partial charge in [0.25, 0.3) is 5.56 Å². The van der Waals surface area contributed by atoms with E-state index in [1.54, 1.807) is 35.0 Å². The zero-order valence-electron chi connectivity index (χ0n) is 22.6. The molecule has 0 radical (unpaired) electrons. The Morgan fingerprint density at radius 1 is 0.900 bits per heavy atom. The first-order chi connectivity index (χ1) is 18.7. The van der Waals surface area contributed by atoms with Gasteiger partial charge in [0, 0.05) is 44.5 Å². The van der Waals surface area contributed by atoms with Gasteiger partial charge in [0.1, 0.15) is 5.75 Å². The monoisotopic (exact) mass is 580 g/mol. The van der Waals surface area contributed by atoms with Crippen LogP contribution in [0.1, 0.15) is 30.9 Å². The molecule has 40 heavy (non-hydrogen) atoms. The fraction of sp³-hybridized carbons (Fsp3) is 0.448. The standard InChI is InChI=1S/C29H35F3N4O3.ClH/c1-2-9-24-21-35(20-23-10-4-3-5-11-23)28(38)36(27(24)37)15-8-14-33-16-18-34(19-17-33)25-12-6-7-13-26(25)39-22-29(30,31)32;/h3-7,10-13,21H,2,8-9,14-20,22H2,1H3;1H. The van der Waals surface area contributed by atoms with Crippen molar-refractivity contribution in [1.82, 2.24) is 14.0 Å². The van der Waals surface area contributed by atoms with Gasteiger partial charge in [0.15, 0.2) is 6.61 Å². The van der Waals surface area contributed by atoms with Crippen LogP contribution in [0.25, 0.3) is 0 Å². The average molecular weight is 581 g/mol. The maximum absolute atomic E-state index is 13.2. The molecule has 1 fully saturated rings. The van der Waals surface area contributed by atoms with Gasteiger partial charge in [-0.05, 0) is 37.1 Å². The van der Waals surface area contributed by atoms with E-state index in [9.17, 15) is 22.8 Å². The van der Waals surface area contributed by atoms with Gasteiger partial charge >= 0.3 is 11.9 Å². The number of alkyl halides is 3. The van der Waals surface area contributed by atoms with Crippen LogP contribution < -0.4 is 20.9 Å². The van der Waals surface area contributed by atoms with Crippen LogP contribution >= 0.6 is 12.4 Å². The van der Waals surface area contributed by atoms with Gasteiger partial charge < -0.3 is 9.64 Å². The Morgan fingerprint density at radius 2 is 1.57 bits per heavy atom. The SMILES string of the molecule is CCCc1cn(Cc2ccccc2)c(=O)n(CCCN2CCN(c3ccccc3OCC(F)(F)F)CC2)c1=O.Cl. The van der Waals surface area contributed by atoms with Crippen LogP contribution in [0.2, 0.25) is 0 Å². The summed E-state index contributed by atoms with van der Waals surface area (Å²) in [5.74, 6) is 0.224. The van der Waals surface area contributed by atoms with E-state index >= 15 is 0 Å². The predicted molar refractivity (Wildman–Crippen MR) is 153 cm³/mol. The number of hydrogen-bond acceptors (Lipinski definition) is 5. The summed E-state index contributed by atoms with van der Waals surface area (Å²) in [6.45, 7) is 4.86. The minimum Gasteiger partial charge on any atom is -0.482 e. The highest BCUT2D eigenvalue weighted by Crippen LogP contribution is 2.30. The summed E-state index contributed by atoms with van der Waals surface area (Å²) < 4.78 is 46.0. The molecule has 1 aromatic heterocycles. The Balaban J connectivity index is 0.00000441. The first-order valence-electron chi connectivity index (χ1n) is 13.4. The van der Waals surface area contributed by atoms with Crippen LogP contribution in [0.15, 0.2) is 70.4 Å². The van der Waals surface area contributed by atoms with Crippen LogP contribution in [0, 0.1) is 0 Å². The Bertz CT molecular complexity index is 1340. The Labute approximate surface area is 238 Å². The highest BCUT2D eigenvalue weighted by Gasteiger charge is 2.29. The molecule has 3 aromatic rings. The first kappa shape index (κ1) is 31.3. The summed E-state index contributed by atoms with van der Waals surface area (Å²) >= 11 is 0. The first-order valence-corrected chi connectivity index (χ1v) is 13.4. The summed E-state index contributed by atoms with van der Waals surface area (Å²) in [5.41, 5.74) is 1.78. The van der Waals surface area contributed by atoms with Gasteiger partial charge in [0.2, 0.25) is 0 Å². The van der Waals surface area contributed by atoms with Gasteiger partial charge in [-0.1, -0.05) is 55.8 Å². The quantitative estimate of drug-likeness (QED) is 0.332. The maximum atomic E-state index is 13.2. The molecule has 218 valence electrons. The van der Waals surface area contributed by atoms with Crippen LogP contribution in [-0.4, -0.2) is 59.5 Å². The molecular formula is C29H36ClF3N4O3. The summed E-state index contributed by atoms with van der Waals surface area (Å²) in [6.07, 6.45) is -0.624. The number of rotatable bonds is 11. The van der Waals surface area contributed by atoms with Crippen molar-refractivity contribution in [3.8, 4) is 5.75 Å².